The number of ether oxygens (including phenoxy) is 2. The van der Waals surface area contributed by atoms with Gasteiger partial charge in [0.15, 0.2) is 0 Å². The standard InChI is InChI=1S/C7H7ClO3/c1-3-10-7-5(8)4(2)6(9)11-7/h3,7H,1H2,2H3. The molecule has 3 nitrogen and oxygen atoms in total. The van der Waals surface area contributed by atoms with E-state index in [1.165, 1.54) is 6.26 Å². The van der Waals surface area contributed by atoms with Crippen LogP contribution in [0.1, 0.15) is 6.92 Å². The van der Waals surface area contributed by atoms with Gasteiger partial charge in [0.1, 0.15) is 5.03 Å². The summed E-state index contributed by atoms with van der Waals surface area (Å²) in [7, 11) is 0. The van der Waals surface area contributed by atoms with E-state index in [4.69, 9.17) is 16.3 Å². The molecule has 4 heteroatoms. The highest BCUT2D eigenvalue weighted by atomic mass is 35.5. The molecule has 0 spiro atoms. The molecule has 1 heterocycles. The van der Waals surface area contributed by atoms with Gasteiger partial charge in [0.05, 0.1) is 11.8 Å². The molecule has 0 aromatic carbocycles. The van der Waals surface area contributed by atoms with E-state index in [0.717, 1.165) is 0 Å². The average molecular weight is 175 g/mol. The van der Waals surface area contributed by atoms with Gasteiger partial charge in [-0.1, -0.05) is 18.2 Å². The van der Waals surface area contributed by atoms with Gasteiger partial charge in [0.25, 0.3) is 6.29 Å². The molecule has 0 saturated heterocycles. The third kappa shape index (κ3) is 1.38. The number of carbonyl (C=O) groups is 1. The van der Waals surface area contributed by atoms with Crippen molar-refractivity contribution in [2.45, 2.75) is 13.2 Å². The Balaban J connectivity index is 2.76. The van der Waals surface area contributed by atoms with Crippen LogP contribution < -0.4 is 0 Å². The summed E-state index contributed by atoms with van der Waals surface area (Å²) in [6.07, 6.45) is 0.389. The fourth-order valence-corrected chi connectivity index (χ4v) is 0.860. The molecule has 11 heavy (non-hydrogen) atoms. The normalized spacial score (nSPS) is 23.5. The van der Waals surface area contributed by atoms with Crippen molar-refractivity contribution in [2.24, 2.45) is 0 Å². The van der Waals surface area contributed by atoms with Gasteiger partial charge < -0.3 is 9.47 Å². The smallest absolute Gasteiger partial charge is 0.338 e. The molecule has 1 unspecified atom stereocenters. The monoisotopic (exact) mass is 174 g/mol. The van der Waals surface area contributed by atoms with Crippen LogP contribution in [0.15, 0.2) is 23.4 Å². The Hall–Kier alpha value is -0.960. The van der Waals surface area contributed by atoms with Crippen LogP contribution in [-0.2, 0) is 14.3 Å². The zero-order chi connectivity index (χ0) is 8.43. The zero-order valence-corrected chi connectivity index (χ0v) is 6.72. The van der Waals surface area contributed by atoms with Crippen molar-refractivity contribution in [1.29, 1.82) is 0 Å². The largest absolute Gasteiger partial charge is 0.458 e. The first-order chi connectivity index (χ1) is 5.16. The summed E-state index contributed by atoms with van der Waals surface area (Å²) in [5, 5.41) is 0.287. The Bertz CT molecular complexity index is 232. The van der Waals surface area contributed by atoms with E-state index < -0.39 is 12.3 Å². The van der Waals surface area contributed by atoms with Crippen molar-refractivity contribution in [3.8, 4) is 0 Å². The summed E-state index contributed by atoms with van der Waals surface area (Å²) in [5.41, 5.74) is 0.388. The van der Waals surface area contributed by atoms with Gasteiger partial charge in [0.2, 0.25) is 0 Å². The molecule has 1 atom stereocenters. The minimum absolute atomic E-state index is 0.287. The van der Waals surface area contributed by atoms with Gasteiger partial charge in [-0.05, 0) is 6.92 Å². The maximum absolute atomic E-state index is 10.8. The number of halogens is 1. The van der Waals surface area contributed by atoms with E-state index >= 15 is 0 Å². The first kappa shape index (κ1) is 8.14. The molecule has 60 valence electrons. The Morgan fingerprint density at radius 2 is 2.45 bits per heavy atom. The maximum Gasteiger partial charge on any atom is 0.338 e. The van der Waals surface area contributed by atoms with Crippen LogP contribution in [0, 0.1) is 0 Å². The molecule has 0 bridgehead atoms. The van der Waals surface area contributed by atoms with Crippen LogP contribution in [-0.4, -0.2) is 12.3 Å². The number of hydrogen-bond acceptors (Lipinski definition) is 3. The Morgan fingerprint density at radius 3 is 2.82 bits per heavy atom. The molecule has 0 aromatic rings. The molecule has 1 rings (SSSR count). The van der Waals surface area contributed by atoms with Crippen LogP contribution in [0.5, 0.6) is 0 Å². The predicted molar refractivity (Wildman–Crippen MR) is 39.7 cm³/mol. The van der Waals surface area contributed by atoms with Crippen LogP contribution in [0.2, 0.25) is 0 Å². The lowest BCUT2D eigenvalue weighted by molar-refractivity contribution is -0.152. The van der Waals surface area contributed by atoms with Crippen LogP contribution in [0.3, 0.4) is 0 Å². The highest BCUT2D eigenvalue weighted by Gasteiger charge is 2.30. The number of esters is 1. The topological polar surface area (TPSA) is 35.5 Å². The van der Waals surface area contributed by atoms with E-state index in [1.807, 2.05) is 0 Å². The van der Waals surface area contributed by atoms with E-state index in [0.29, 0.717) is 5.57 Å². The second-order valence-electron chi connectivity index (χ2n) is 2.01. The summed E-state index contributed by atoms with van der Waals surface area (Å²) < 4.78 is 9.47. The first-order valence-electron chi connectivity index (χ1n) is 3.00. The van der Waals surface area contributed by atoms with Crippen LogP contribution in [0.25, 0.3) is 0 Å². The van der Waals surface area contributed by atoms with Gasteiger partial charge >= 0.3 is 5.97 Å². The third-order valence-corrected chi connectivity index (χ3v) is 1.77. The lowest BCUT2D eigenvalue weighted by atomic mass is 10.3. The summed E-state index contributed by atoms with van der Waals surface area (Å²) in [4.78, 5) is 10.8. The fourth-order valence-electron chi connectivity index (χ4n) is 0.687. The Kier molecular flexibility index (Phi) is 2.19. The van der Waals surface area contributed by atoms with Gasteiger partial charge in [0, 0.05) is 0 Å². The number of rotatable bonds is 2. The van der Waals surface area contributed by atoms with Crippen molar-refractivity contribution >= 4 is 17.6 Å². The summed E-state index contributed by atoms with van der Waals surface area (Å²) in [6, 6.07) is 0. The van der Waals surface area contributed by atoms with Gasteiger partial charge in [-0.3, -0.25) is 0 Å². The van der Waals surface area contributed by atoms with Crippen LogP contribution in [0.4, 0.5) is 0 Å². The minimum atomic E-state index is -0.790. The lowest BCUT2D eigenvalue weighted by Crippen LogP contribution is -2.10. The second kappa shape index (κ2) is 2.96. The third-order valence-electron chi connectivity index (χ3n) is 1.31. The molecule has 0 fully saturated rings. The zero-order valence-electron chi connectivity index (χ0n) is 5.96. The van der Waals surface area contributed by atoms with Crippen molar-refractivity contribution in [2.75, 3.05) is 0 Å². The lowest BCUT2D eigenvalue weighted by Gasteiger charge is -2.07. The fraction of sp³-hybridized carbons (Fsp3) is 0.286. The molecule has 1 aliphatic rings. The minimum Gasteiger partial charge on any atom is -0.458 e. The molecule has 0 N–H and O–H groups in total. The maximum atomic E-state index is 10.8. The van der Waals surface area contributed by atoms with E-state index in [-0.39, 0.29) is 5.03 Å². The van der Waals surface area contributed by atoms with Gasteiger partial charge in [-0.25, -0.2) is 4.79 Å². The highest BCUT2D eigenvalue weighted by Crippen LogP contribution is 2.26. The van der Waals surface area contributed by atoms with E-state index in [1.54, 1.807) is 6.92 Å². The van der Waals surface area contributed by atoms with Gasteiger partial charge in [-0.15, -0.1) is 0 Å². The molecule has 0 aromatic heterocycles. The molecule has 0 aliphatic carbocycles. The van der Waals surface area contributed by atoms with E-state index in [2.05, 4.69) is 11.3 Å². The summed E-state index contributed by atoms with van der Waals surface area (Å²) in [5.74, 6) is -0.443. The SMILES string of the molecule is C=COC1OC(=O)C(C)=C1Cl. The number of cyclic esters (lactones) is 1. The van der Waals surface area contributed by atoms with Gasteiger partial charge in [-0.2, -0.15) is 0 Å². The quantitative estimate of drug-likeness (QED) is 0.471. The summed E-state index contributed by atoms with van der Waals surface area (Å²) >= 11 is 5.66. The molecular weight excluding hydrogens is 168 g/mol. The predicted octanol–water partition coefficient (Wildman–Crippen LogP) is 1.54. The Morgan fingerprint density at radius 1 is 1.82 bits per heavy atom. The molecule has 1 aliphatic heterocycles. The van der Waals surface area contributed by atoms with Crippen LogP contribution >= 0.6 is 11.6 Å². The van der Waals surface area contributed by atoms with E-state index in [9.17, 15) is 4.79 Å². The summed E-state index contributed by atoms with van der Waals surface area (Å²) in [6.45, 7) is 4.89. The van der Waals surface area contributed by atoms with Crippen molar-refractivity contribution in [3.63, 3.8) is 0 Å². The first-order valence-corrected chi connectivity index (χ1v) is 3.38. The molecule has 0 radical (unpaired) electrons. The number of carbonyl (C=O) groups excluding carboxylic acids is 1. The Labute approximate surface area is 69.2 Å². The molecular formula is C7H7ClO3. The molecule has 0 amide bonds. The van der Waals surface area contributed by atoms with Crippen molar-refractivity contribution in [1.82, 2.24) is 0 Å². The second-order valence-corrected chi connectivity index (χ2v) is 2.42. The number of hydrogen-bond donors (Lipinski definition) is 0. The van der Waals surface area contributed by atoms with Crippen molar-refractivity contribution < 1.29 is 14.3 Å². The average Bonchev–Trinajstić information content (AvgIpc) is 2.19. The van der Waals surface area contributed by atoms with Crippen molar-refractivity contribution in [3.05, 3.63) is 23.4 Å². The molecule has 0 saturated carbocycles. The highest BCUT2D eigenvalue weighted by molar-refractivity contribution is 6.33.